The molecule has 1 rings (SSSR count). The van der Waals surface area contributed by atoms with Gasteiger partial charge >= 0.3 is 0 Å². The molecule has 0 fully saturated rings. The van der Waals surface area contributed by atoms with E-state index in [1.165, 1.54) is 18.2 Å². The van der Waals surface area contributed by atoms with Crippen LogP contribution >= 0.6 is 0 Å². The standard InChI is InChI=1S/C12H17N3O3/c1-12(2,3)13-8-11(16)14-9-5-4-6-10(7-9)15(17)18/h4-7,13H,8H2,1-3H3,(H,14,16). The quantitative estimate of drug-likeness (QED) is 0.632. The molecule has 6 nitrogen and oxygen atoms in total. The predicted molar refractivity (Wildman–Crippen MR) is 69.5 cm³/mol. The van der Waals surface area contributed by atoms with Crippen LogP contribution in [0.2, 0.25) is 0 Å². The number of non-ortho nitro benzene ring substituents is 1. The molecule has 0 radical (unpaired) electrons. The van der Waals surface area contributed by atoms with Crippen molar-refractivity contribution in [3.63, 3.8) is 0 Å². The van der Waals surface area contributed by atoms with Crippen LogP contribution in [0, 0.1) is 10.1 Å². The number of rotatable bonds is 4. The van der Waals surface area contributed by atoms with Crippen molar-refractivity contribution < 1.29 is 9.72 Å². The van der Waals surface area contributed by atoms with Crippen LogP contribution in [0.5, 0.6) is 0 Å². The van der Waals surface area contributed by atoms with E-state index in [9.17, 15) is 14.9 Å². The molecule has 1 aromatic carbocycles. The molecule has 0 saturated heterocycles. The number of carbonyl (C=O) groups is 1. The van der Waals surface area contributed by atoms with Gasteiger partial charge in [-0.3, -0.25) is 14.9 Å². The van der Waals surface area contributed by atoms with Crippen molar-refractivity contribution in [3.05, 3.63) is 34.4 Å². The fourth-order valence-electron chi connectivity index (χ4n) is 1.25. The molecule has 0 aromatic heterocycles. The molecular formula is C12H17N3O3. The Morgan fingerprint density at radius 3 is 2.61 bits per heavy atom. The van der Waals surface area contributed by atoms with Gasteiger partial charge in [0.2, 0.25) is 5.91 Å². The van der Waals surface area contributed by atoms with E-state index in [0.717, 1.165) is 0 Å². The molecule has 2 N–H and O–H groups in total. The molecule has 0 atom stereocenters. The van der Waals surface area contributed by atoms with E-state index in [0.29, 0.717) is 5.69 Å². The highest BCUT2D eigenvalue weighted by molar-refractivity contribution is 5.92. The molecule has 1 aromatic rings. The molecule has 0 unspecified atom stereocenters. The number of nitro groups is 1. The van der Waals surface area contributed by atoms with Crippen molar-refractivity contribution in [2.45, 2.75) is 26.3 Å². The van der Waals surface area contributed by atoms with Gasteiger partial charge in [0, 0.05) is 23.4 Å². The van der Waals surface area contributed by atoms with E-state index < -0.39 is 4.92 Å². The van der Waals surface area contributed by atoms with E-state index in [1.807, 2.05) is 20.8 Å². The Labute approximate surface area is 106 Å². The maximum atomic E-state index is 11.6. The minimum absolute atomic E-state index is 0.0448. The van der Waals surface area contributed by atoms with Gasteiger partial charge in [0.25, 0.3) is 5.69 Å². The van der Waals surface area contributed by atoms with Crippen LogP contribution < -0.4 is 10.6 Å². The van der Waals surface area contributed by atoms with Crippen LogP contribution in [0.15, 0.2) is 24.3 Å². The number of hydrogen-bond acceptors (Lipinski definition) is 4. The van der Waals surface area contributed by atoms with Gasteiger partial charge in [0.15, 0.2) is 0 Å². The molecule has 18 heavy (non-hydrogen) atoms. The summed E-state index contributed by atoms with van der Waals surface area (Å²) in [6, 6.07) is 5.85. The highest BCUT2D eigenvalue weighted by Gasteiger charge is 2.12. The maximum absolute atomic E-state index is 11.6. The molecule has 0 saturated carbocycles. The molecule has 0 bridgehead atoms. The molecular weight excluding hydrogens is 234 g/mol. The highest BCUT2D eigenvalue weighted by atomic mass is 16.6. The van der Waals surface area contributed by atoms with E-state index in [1.54, 1.807) is 6.07 Å². The lowest BCUT2D eigenvalue weighted by Crippen LogP contribution is -2.41. The Morgan fingerprint density at radius 1 is 1.39 bits per heavy atom. The zero-order valence-electron chi connectivity index (χ0n) is 10.7. The number of carbonyl (C=O) groups excluding carboxylic acids is 1. The summed E-state index contributed by atoms with van der Waals surface area (Å²) in [5.74, 6) is -0.231. The first kappa shape index (κ1) is 14.1. The van der Waals surface area contributed by atoms with Crippen molar-refractivity contribution >= 4 is 17.3 Å². The highest BCUT2D eigenvalue weighted by Crippen LogP contribution is 2.16. The van der Waals surface area contributed by atoms with Gasteiger partial charge in [-0.25, -0.2) is 0 Å². The van der Waals surface area contributed by atoms with Gasteiger partial charge in [0.1, 0.15) is 0 Å². The zero-order chi connectivity index (χ0) is 13.8. The Hall–Kier alpha value is -1.95. The lowest BCUT2D eigenvalue weighted by molar-refractivity contribution is -0.384. The van der Waals surface area contributed by atoms with Crippen molar-refractivity contribution in [3.8, 4) is 0 Å². The van der Waals surface area contributed by atoms with Gasteiger partial charge < -0.3 is 10.6 Å². The summed E-state index contributed by atoms with van der Waals surface area (Å²) in [6.45, 7) is 6.01. The lowest BCUT2D eigenvalue weighted by Gasteiger charge is -2.19. The Balaban J connectivity index is 2.59. The topological polar surface area (TPSA) is 84.3 Å². The summed E-state index contributed by atoms with van der Waals surface area (Å²) in [6.07, 6.45) is 0. The van der Waals surface area contributed by atoms with Crippen LogP contribution in [0.1, 0.15) is 20.8 Å². The van der Waals surface area contributed by atoms with Gasteiger partial charge in [-0.1, -0.05) is 6.07 Å². The van der Waals surface area contributed by atoms with E-state index in [2.05, 4.69) is 10.6 Å². The van der Waals surface area contributed by atoms with Crippen molar-refractivity contribution in [2.75, 3.05) is 11.9 Å². The van der Waals surface area contributed by atoms with Gasteiger partial charge in [-0.15, -0.1) is 0 Å². The molecule has 6 heteroatoms. The minimum atomic E-state index is -0.497. The normalized spacial score (nSPS) is 11.1. The van der Waals surface area contributed by atoms with E-state index in [-0.39, 0.29) is 23.7 Å². The second-order valence-corrected chi connectivity index (χ2v) is 4.96. The fraction of sp³-hybridized carbons (Fsp3) is 0.417. The molecule has 0 aliphatic heterocycles. The number of anilines is 1. The smallest absolute Gasteiger partial charge is 0.271 e. The summed E-state index contributed by atoms with van der Waals surface area (Å²) in [4.78, 5) is 21.7. The number of nitro benzene ring substituents is 1. The minimum Gasteiger partial charge on any atom is -0.325 e. The second kappa shape index (κ2) is 5.59. The summed E-state index contributed by atoms with van der Waals surface area (Å²) in [5.41, 5.74) is 0.224. The van der Waals surface area contributed by atoms with Crippen LogP contribution in [0.3, 0.4) is 0 Å². The van der Waals surface area contributed by atoms with Crippen LogP contribution in [-0.4, -0.2) is 22.9 Å². The van der Waals surface area contributed by atoms with E-state index in [4.69, 9.17) is 0 Å². The summed E-state index contributed by atoms with van der Waals surface area (Å²) < 4.78 is 0. The third-order valence-corrected chi connectivity index (χ3v) is 2.12. The first-order valence-corrected chi connectivity index (χ1v) is 5.57. The Kier molecular flexibility index (Phi) is 4.38. The molecule has 0 heterocycles. The van der Waals surface area contributed by atoms with Crippen molar-refractivity contribution in [1.82, 2.24) is 5.32 Å². The number of benzene rings is 1. The maximum Gasteiger partial charge on any atom is 0.271 e. The number of nitrogens with zero attached hydrogens (tertiary/aromatic N) is 1. The SMILES string of the molecule is CC(C)(C)NCC(=O)Nc1cccc([N+](=O)[O-])c1. The summed E-state index contributed by atoms with van der Waals surface area (Å²) >= 11 is 0. The van der Waals surface area contributed by atoms with Gasteiger partial charge in [0.05, 0.1) is 11.5 Å². The third-order valence-electron chi connectivity index (χ3n) is 2.12. The van der Waals surface area contributed by atoms with Crippen LogP contribution in [-0.2, 0) is 4.79 Å². The summed E-state index contributed by atoms with van der Waals surface area (Å²) in [7, 11) is 0. The van der Waals surface area contributed by atoms with E-state index >= 15 is 0 Å². The number of amides is 1. The van der Waals surface area contributed by atoms with Gasteiger partial charge in [-0.05, 0) is 26.8 Å². The Morgan fingerprint density at radius 2 is 2.06 bits per heavy atom. The zero-order valence-corrected chi connectivity index (χ0v) is 10.7. The number of hydrogen-bond donors (Lipinski definition) is 2. The van der Waals surface area contributed by atoms with Crippen LogP contribution in [0.4, 0.5) is 11.4 Å². The first-order chi connectivity index (χ1) is 8.28. The van der Waals surface area contributed by atoms with Crippen LogP contribution in [0.25, 0.3) is 0 Å². The van der Waals surface area contributed by atoms with Crippen molar-refractivity contribution in [1.29, 1.82) is 0 Å². The third kappa shape index (κ3) is 4.92. The molecule has 98 valence electrons. The summed E-state index contributed by atoms with van der Waals surface area (Å²) in [5, 5.41) is 16.2. The number of nitrogens with one attached hydrogen (secondary N) is 2. The van der Waals surface area contributed by atoms with Gasteiger partial charge in [-0.2, -0.15) is 0 Å². The molecule has 0 aliphatic rings. The molecule has 0 aliphatic carbocycles. The Bertz CT molecular complexity index is 452. The monoisotopic (exact) mass is 251 g/mol. The fourth-order valence-corrected chi connectivity index (χ4v) is 1.25. The molecule has 1 amide bonds. The lowest BCUT2D eigenvalue weighted by atomic mass is 10.1. The predicted octanol–water partition coefficient (Wildman–Crippen LogP) is 1.92. The molecule has 0 spiro atoms. The average Bonchev–Trinajstić information content (AvgIpc) is 2.26. The van der Waals surface area contributed by atoms with Crippen molar-refractivity contribution in [2.24, 2.45) is 0 Å². The first-order valence-electron chi connectivity index (χ1n) is 5.57. The average molecular weight is 251 g/mol. The largest absolute Gasteiger partial charge is 0.325 e. The second-order valence-electron chi connectivity index (χ2n) is 4.96.